The van der Waals surface area contributed by atoms with Crippen LogP contribution in [0.2, 0.25) is 0 Å². The number of hydrogen-bond acceptors (Lipinski definition) is 2. The van der Waals surface area contributed by atoms with E-state index in [1.54, 1.807) is 0 Å². The zero-order valence-corrected chi connectivity index (χ0v) is 13.3. The van der Waals surface area contributed by atoms with E-state index in [0.717, 1.165) is 39.9 Å². The maximum atomic E-state index is 12.3. The fourth-order valence-electron chi connectivity index (χ4n) is 3.34. The molecule has 24 heavy (non-hydrogen) atoms. The fraction of sp³-hybridized carbons (Fsp3) is 0.158. The highest BCUT2D eigenvalue weighted by molar-refractivity contribution is 5.94. The molecule has 1 aromatic heterocycles. The number of carbonyl (C=O) groups is 1. The van der Waals surface area contributed by atoms with E-state index < -0.39 is 0 Å². The Morgan fingerprint density at radius 2 is 1.96 bits per heavy atom. The molecule has 3 aromatic rings. The van der Waals surface area contributed by atoms with E-state index >= 15 is 0 Å². The molecule has 5 heteroatoms. The van der Waals surface area contributed by atoms with Crippen molar-refractivity contribution in [1.29, 1.82) is 0 Å². The van der Waals surface area contributed by atoms with E-state index in [1.807, 2.05) is 49.4 Å². The number of urea groups is 1. The molecule has 0 unspecified atom stereocenters. The van der Waals surface area contributed by atoms with Crippen LogP contribution >= 0.6 is 0 Å². The molecule has 0 aliphatic heterocycles. The number of amides is 2. The zero-order valence-electron chi connectivity index (χ0n) is 13.3. The van der Waals surface area contributed by atoms with Gasteiger partial charge in [0.15, 0.2) is 0 Å². The van der Waals surface area contributed by atoms with Gasteiger partial charge in [-0.3, -0.25) is 4.79 Å². The van der Waals surface area contributed by atoms with Crippen molar-refractivity contribution in [2.45, 2.75) is 13.3 Å². The predicted octanol–water partition coefficient (Wildman–Crippen LogP) is 3.24. The number of aromatic nitrogens is 1. The fourth-order valence-corrected chi connectivity index (χ4v) is 3.34. The van der Waals surface area contributed by atoms with Gasteiger partial charge in [0.2, 0.25) is 0 Å². The summed E-state index contributed by atoms with van der Waals surface area (Å²) in [7, 11) is 0. The first-order chi connectivity index (χ1) is 11.7. The number of carbonyl (C=O) groups excluding carboxylic acids is 1. The number of nitrogens with one attached hydrogen (secondary N) is 3. The van der Waals surface area contributed by atoms with E-state index in [-0.39, 0.29) is 11.6 Å². The lowest BCUT2D eigenvalue weighted by atomic mass is 10.0. The highest BCUT2D eigenvalue weighted by Crippen LogP contribution is 2.38. The molecule has 1 aliphatic rings. The van der Waals surface area contributed by atoms with Crippen LogP contribution in [-0.2, 0) is 6.42 Å². The quantitative estimate of drug-likeness (QED) is 0.530. The van der Waals surface area contributed by atoms with Crippen LogP contribution in [0.3, 0.4) is 0 Å². The summed E-state index contributed by atoms with van der Waals surface area (Å²) >= 11 is 0. The number of pyridine rings is 1. The minimum Gasteiger partial charge on any atom is -0.338 e. The summed E-state index contributed by atoms with van der Waals surface area (Å²) in [6.45, 7) is 2.45. The number of benzene rings is 2. The van der Waals surface area contributed by atoms with Crippen molar-refractivity contribution < 1.29 is 4.79 Å². The van der Waals surface area contributed by atoms with Crippen molar-refractivity contribution in [3.05, 3.63) is 63.9 Å². The van der Waals surface area contributed by atoms with Gasteiger partial charge in [-0.25, -0.2) is 4.79 Å². The van der Waals surface area contributed by atoms with Crippen LogP contribution in [0.25, 0.3) is 22.0 Å². The lowest BCUT2D eigenvalue weighted by Crippen LogP contribution is -2.28. The molecule has 2 amide bonds. The Balaban J connectivity index is 1.78. The van der Waals surface area contributed by atoms with Gasteiger partial charge >= 0.3 is 6.03 Å². The molecule has 1 aliphatic carbocycles. The third-order valence-corrected chi connectivity index (χ3v) is 4.37. The number of rotatable bonds is 2. The van der Waals surface area contributed by atoms with Crippen LogP contribution < -0.4 is 16.2 Å². The van der Waals surface area contributed by atoms with Crippen molar-refractivity contribution in [3.8, 4) is 11.3 Å². The predicted molar refractivity (Wildman–Crippen MR) is 95.5 cm³/mol. The molecule has 5 nitrogen and oxygen atoms in total. The average molecular weight is 319 g/mol. The van der Waals surface area contributed by atoms with E-state index in [0.29, 0.717) is 11.9 Å². The molecule has 0 saturated heterocycles. The Morgan fingerprint density at radius 3 is 2.75 bits per heavy atom. The highest BCUT2D eigenvalue weighted by Gasteiger charge is 2.22. The Bertz CT molecular complexity index is 1020. The van der Waals surface area contributed by atoms with Crippen LogP contribution in [0.5, 0.6) is 0 Å². The second-order valence-electron chi connectivity index (χ2n) is 5.89. The Hall–Kier alpha value is -3.08. The normalized spacial score (nSPS) is 11.9. The number of anilines is 1. The molecule has 0 spiro atoms. The summed E-state index contributed by atoms with van der Waals surface area (Å²) in [4.78, 5) is 27.0. The molecule has 2 aromatic carbocycles. The summed E-state index contributed by atoms with van der Waals surface area (Å²) in [6, 6.07) is 13.2. The molecule has 0 fully saturated rings. The van der Waals surface area contributed by atoms with Gasteiger partial charge in [-0.2, -0.15) is 0 Å². The summed E-state index contributed by atoms with van der Waals surface area (Å²) in [6.07, 6.45) is 0.743. The molecule has 0 bridgehead atoms. The van der Waals surface area contributed by atoms with Crippen LogP contribution in [0.1, 0.15) is 18.1 Å². The Morgan fingerprint density at radius 1 is 1.17 bits per heavy atom. The smallest absolute Gasteiger partial charge is 0.319 e. The third kappa shape index (κ3) is 2.25. The molecule has 0 saturated carbocycles. The molecule has 0 atom stereocenters. The summed E-state index contributed by atoms with van der Waals surface area (Å²) in [5, 5.41) is 7.24. The van der Waals surface area contributed by atoms with Gasteiger partial charge in [0.25, 0.3) is 5.56 Å². The number of fused-ring (bicyclic) bond motifs is 5. The van der Waals surface area contributed by atoms with Crippen LogP contribution in [0.15, 0.2) is 47.3 Å². The molecule has 3 N–H and O–H groups in total. The Labute approximate surface area is 138 Å². The van der Waals surface area contributed by atoms with Gasteiger partial charge in [-0.05, 0) is 41.6 Å². The molecular weight excluding hydrogens is 302 g/mol. The van der Waals surface area contributed by atoms with Gasteiger partial charge in [0.1, 0.15) is 0 Å². The summed E-state index contributed by atoms with van der Waals surface area (Å²) in [5.74, 6) is 0. The molecule has 0 radical (unpaired) electrons. The number of aromatic amines is 1. The first-order valence-electron chi connectivity index (χ1n) is 7.99. The van der Waals surface area contributed by atoms with Crippen molar-refractivity contribution in [1.82, 2.24) is 10.3 Å². The first kappa shape index (κ1) is 14.5. The number of hydrogen-bond donors (Lipinski definition) is 3. The average Bonchev–Trinajstić information content (AvgIpc) is 2.93. The van der Waals surface area contributed by atoms with Crippen LogP contribution in [0, 0.1) is 0 Å². The minimum absolute atomic E-state index is 0.0678. The first-order valence-corrected chi connectivity index (χ1v) is 7.99. The second-order valence-corrected chi connectivity index (χ2v) is 5.89. The highest BCUT2D eigenvalue weighted by atomic mass is 16.2. The zero-order chi connectivity index (χ0) is 16.7. The van der Waals surface area contributed by atoms with Gasteiger partial charge in [-0.15, -0.1) is 0 Å². The third-order valence-electron chi connectivity index (χ3n) is 4.37. The lowest BCUT2D eigenvalue weighted by molar-refractivity contribution is 0.252. The van der Waals surface area contributed by atoms with Gasteiger partial charge in [0, 0.05) is 29.6 Å². The molecule has 4 rings (SSSR count). The largest absolute Gasteiger partial charge is 0.338 e. The minimum atomic E-state index is -0.216. The van der Waals surface area contributed by atoms with E-state index in [4.69, 9.17) is 0 Å². The second kappa shape index (κ2) is 5.53. The van der Waals surface area contributed by atoms with Crippen molar-refractivity contribution in [2.24, 2.45) is 0 Å². The van der Waals surface area contributed by atoms with Gasteiger partial charge < -0.3 is 15.6 Å². The van der Waals surface area contributed by atoms with Gasteiger partial charge in [0.05, 0.1) is 5.69 Å². The molecule has 120 valence electrons. The van der Waals surface area contributed by atoms with Crippen LogP contribution in [-0.4, -0.2) is 17.6 Å². The van der Waals surface area contributed by atoms with E-state index in [2.05, 4.69) is 15.6 Å². The van der Waals surface area contributed by atoms with Crippen LogP contribution in [0.4, 0.5) is 10.5 Å². The van der Waals surface area contributed by atoms with Crippen molar-refractivity contribution >= 4 is 22.5 Å². The molecule has 1 heterocycles. The maximum absolute atomic E-state index is 12.3. The van der Waals surface area contributed by atoms with Gasteiger partial charge in [-0.1, -0.05) is 24.3 Å². The van der Waals surface area contributed by atoms with E-state index in [1.165, 1.54) is 0 Å². The molecular formula is C19H17N3O2. The summed E-state index contributed by atoms with van der Waals surface area (Å²) < 4.78 is 0. The standard InChI is InChI=1S/C19H17N3O2/c1-2-20-19(24)21-12-7-8-13-11(9-12)10-16-14-5-3-4-6-15(14)18(23)22-17(13)16/h3-9H,2,10H2,1H3,(H,22,23)(H2,20,21,24). The lowest BCUT2D eigenvalue weighted by Gasteiger charge is -2.08. The van der Waals surface area contributed by atoms with Crippen molar-refractivity contribution in [2.75, 3.05) is 11.9 Å². The monoisotopic (exact) mass is 319 g/mol. The maximum Gasteiger partial charge on any atom is 0.319 e. The van der Waals surface area contributed by atoms with Crippen molar-refractivity contribution in [3.63, 3.8) is 0 Å². The SMILES string of the molecule is CCNC(=O)Nc1ccc2c(c1)Cc1c-2[nH]c(=O)c2ccccc12. The number of H-pyrrole nitrogens is 1. The Kier molecular flexibility index (Phi) is 3.34. The van der Waals surface area contributed by atoms with E-state index in [9.17, 15) is 9.59 Å². The summed E-state index contributed by atoms with van der Waals surface area (Å²) in [5.41, 5.74) is 4.83. The topological polar surface area (TPSA) is 74.0 Å².